The number of aromatic amines is 2. The van der Waals surface area contributed by atoms with Gasteiger partial charge in [0.1, 0.15) is 5.82 Å². The number of hydrogen-bond donors (Lipinski definition) is 2. The summed E-state index contributed by atoms with van der Waals surface area (Å²) in [5.41, 5.74) is 2.20. The van der Waals surface area contributed by atoms with Crippen molar-refractivity contribution < 1.29 is 0 Å². The highest BCUT2D eigenvalue weighted by molar-refractivity contribution is 5.29. The lowest BCUT2D eigenvalue weighted by atomic mass is 9.92. The molecule has 0 spiro atoms. The lowest BCUT2D eigenvalue weighted by Gasteiger charge is -2.39. The first-order chi connectivity index (χ1) is 10.7. The molecule has 6 heteroatoms. The molecule has 2 aromatic rings. The lowest BCUT2D eigenvalue weighted by molar-refractivity contribution is 0.103. The molecule has 1 atom stereocenters. The number of aryl methyl sites for hydroxylation is 1. The summed E-state index contributed by atoms with van der Waals surface area (Å²) in [5, 5.41) is 3.28. The van der Waals surface area contributed by atoms with Crippen molar-refractivity contribution in [2.75, 3.05) is 33.2 Å². The predicted molar refractivity (Wildman–Crippen MR) is 85.6 cm³/mol. The number of H-pyrrole nitrogens is 2. The summed E-state index contributed by atoms with van der Waals surface area (Å²) in [6, 6.07) is 4.34. The lowest BCUT2D eigenvalue weighted by Crippen LogP contribution is -2.50. The Morgan fingerprint density at radius 2 is 2.05 bits per heavy atom. The van der Waals surface area contributed by atoms with E-state index in [9.17, 15) is 4.79 Å². The van der Waals surface area contributed by atoms with Crippen LogP contribution in [0, 0.1) is 0 Å². The Hall–Kier alpha value is -1.79. The third-order valence-electron chi connectivity index (χ3n) is 5.12. The Kier molecular flexibility index (Phi) is 3.43. The van der Waals surface area contributed by atoms with Crippen molar-refractivity contribution in [2.45, 2.75) is 25.3 Å². The van der Waals surface area contributed by atoms with Crippen LogP contribution < -0.4 is 5.56 Å². The van der Waals surface area contributed by atoms with Crippen LogP contribution in [0.2, 0.25) is 0 Å². The van der Waals surface area contributed by atoms with Crippen molar-refractivity contribution in [2.24, 2.45) is 0 Å². The number of nitrogens with zero attached hydrogens (tertiary/aromatic N) is 3. The smallest absolute Gasteiger partial charge is 0.276 e. The van der Waals surface area contributed by atoms with Crippen molar-refractivity contribution in [1.29, 1.82) is 0 Å². The van der Waals surface area contributed by atoms with E-state index in [-0.39, 0.29) is 5.56 Å². The number of fused-ring (bicyclic) bond motifs is 1. The van der Waals surface area contributed by atoms with Gasteiger partial charge in [-0.2, -0.15) is 0 Å². The third kappa shape index (κ3) is 2.32. The molecule has 3 heterocycles. The van der Waals surface area contributed by atoms with E-state index in [1.54, 1.807) is 4.68 Å². The monoisotopic (exact) mass is 301 g/mol. The number of likely N-dealkylation sites (N-methyl/N-ethyl adjacent to an activating group) is 1. The molecule has 1 aliphatic heterocycles. The number of hydrogen-bond acceptors (Lipinski definition) is 3. The second-order valence-corrected chi connectivity index (χ2v) is 6.50. The summed E-state index contributed by atoms with van der Waals surface area (Å²) >= 11 is 0. The highest BCUT2D eigenvalue weighted by Crippen LogP contribution is 2.22. The van der Waals surface area contributed by atoms with Crippen molar-refractivity contribution in [3.05, 3.63) is 39.9 Å². The molecule has 118 valence electrons. The zero-order valence-corrected chi connectivity index (χ0v) is 13.0. The molecule has 0 amide bonds. The Morgan fingerprint density at radius 3 is 2.77 bits per heavy atom. The van der Waals surface area contributed by atoms with Gasteiger partial charge in [0.25, 0.3) is 5.56 Å². The van der Waals surface area contributed by atoms with Crippen LogP contribution in [0.1, 0.15) is 17.7 Å². The van der Waals surface area contributed by atoms with Crippen molar-refractivity contribution in [3.8, 4) is 5.82 Å². The first-order valence-corrected chi connectivity index (χ1v) is 8.11. The summed E-state index contributed by atoms with van der Waals surface area (Å²) < 4.78 is 1.65. The van der Waals surface area contributed by atoms with Crippen LogP contribution >= 0.6 is 0 Å². The van der Waals surface area contributed by atoms with Gasteiger partial charge in [0.15, 0.2) is 0 Å². The van der Waals surface area contributed by atoms with Gasteiger partial charge in [-0.1, -0.05) is 0 Å². The summed E-state index contributed by atoms with van der Waals surface area (Å²) in [6.07, 6.45) is 4.83. The number of aromatic nitrogens is 3. The normalized spacial score (nSPS) is 23.6. The molecule has 22 heavy (non-hydrogen) atoms. The van der Waals surface area contributed by atoms with Gasteiger partial charge >= 0.3 is 0 Å². The maximum atomic E-state index is 12.7. The fourth-order valence-corrected chi connectivity index (χ4v) is 3.71. The molecule has 2 N–H and O–H groups in total. The molecule has 0 bridgehead atoms. The average molecular weight is 301 g/mol. The zero-order valence-electron chi connectivity index (χ0n) is 13.0. The van der Waals surface area contributed by atoms with Crippen LogP contribution in [0.15, 0.2) is 23.1 Å². The highest BCUT2D eigenvalue weighted by Gasteiger charge is 2.29. The molecule has 1 saturated heterocycles. The molecule has 1 unspecified atom stereocenters. The molecular formula is C16H23N5O. The molecule has 2 aromatic heterocycles. The molecule has 2 aliphatic rings. The number of piperazine rings is 1. The van der Waals surface area contributed by atoms with Gasteiger partial charge in [0.05, 0.1) is 0 Å². The van der Waals surface area contributed by atoms with Gasteiger partial charge in [-0.25, -0.2) is 4.68 Å². The molecular weight excluding hydrogens is 278 g/mol. The minimum Gasteiger partial charge on any atom is -0.347 e. The molecule has 0 saturated carbocycles. The second kappa shape index (κ2) is 5.44. The Bertz CT molecular complexity index is 691. The standard InChI is InChI=1S/C16H23N5O/c1-19-7-9-20(10-8-19)12-4-5-14-13(11-12)16(22)21(18-14)15-3-2-6-17-15/h2-3,6,12,17-18H,4-5,7-11H2,1H3. The van der Waals surface area contributed by atoms with Crippen LogP contribution in [0.25, 0.3) is 5.82 Å². The van der Waals surface area contributed by atoms with E-state index >= 15 is 0 Å². The van der Waals surface area contributed by atoms with Crippen LogP contribution in [0.4, 0.5) is 0 Å². The first-order valence-electron chi connectivity index (χ1n) is 8.11. The van der Waals surface area contributed by atoms with Crippen molar-refractivity contribution in [3.63, 3.8) is 0 Å². The molecule has 1 fully saturated rings. The molecule has 0 radical (unpaired) electrons. The predicted octanol–water partition coefficient (Wildman–Crippen LogP) is 0.598. The highest BCUT2D eigenvalue weighted by atomic mass is 16.1. The van der Waals surface area contributed by atoms with Crippen LogP contribution in [0.3, 0.4) is 0 Å². The van der Waals surface area contributed by atoms with Crippen LogP contribution in [-0.4, -0.2) is 63.8 Å². The Balaban J connectivity index is 1.57. The van der Waals surface area contributed by atoms with Crippen molar-refractivity contribution in [1.82, 2.24) is 24.6 Å². The van der Waals surface area contributed by atoms with E-state index < -0.39 is 0 Å². The topological polar surface area (TPSA) is 60.1 Å². The minimum atomic E-state index is 0.108. The van der Waals surface area contributed by atoms with E-state index in [2.05, 4.69) is 26.9 Å². The first kappa shape index (κ1) is 13.8. The van der Waals surface area contributed by atoms with E-state index in [1.807, 2.05) is 18.3 Å². The maximum Gasteiger partial charge on any atom is 0.276 e. The number of nitrogens with one attached hydrogen (secondary N) is 2. The summed E-state index contributed by atoms with van der Waals surface area (Å²) in [6.45, 7) is 4.49. The van der Waals surface area contributed by atoms with Gasteiger partial charge in [-0.15, -0.1) is 0 Å². The zero-order chi connectivity index (χ0) is 15.1. The molecule has 1 aliphatic carbocycles. The Morgan fingerprint density at radius 1 is 1.23 bits per heavy atom. The summed E-state index contributed by atoms with van der Waals surface area (Å²) in [4.78, 5) is 20.7. The molecule has 0 aromatic carbocycles. The van der Waals surface area contributed by atoms with Gasteiger partial charge in [0.2, 0.25) is 0 Å². The molecule has 4 rings (SSSR count). The maximum absolute atomic E-state index is 12.7. The van der Waals surface area contributed by atoms with E-state index in [0.717, 1.165) is 62.5 Å². The fourth-order valence-electron chi connectivity index (χ4n) is 3.71. The Labute approximate surface area is 129 Å². The van der Waals surface area contributed by atoms with Crippen LogP contribution in [0.5, 0.6) is 0 Å². The van der Waals surface area contributed by atoms with Gasteiger partial charge in [-0.05, 0) is 38.4 Å². The van der Waals surface area contributed by atoms with Gasteiger partial charge in [-0.3, -0.25) is 14.8 Å². The van der Waals surface area contributed by atoms with E-state index in [1.165, 1.54) is 0 Å². The second-order valence-electron chi connectivity index (χ2n) is 6.50. The van der Waals surface area contributed by atoms with Crippen LogP contribution in [-0.2, 0) is 12.8 Å². The minimum absolute atomic E-state index is 0.108. The third-order valence-corrected chi connectivity index (χ3v) is 5.12. The summed E-state index contributed by atoms with van der Waals surface area (Å²) in [5.74, 6) is 0.815. The fraction of sp³-hybridized carbons (Fsp3) is 0.562. The average Bonchev–Trinajstić information content (AvgIpc) is 3.16. The van der Waals surface area contributed by atoms with Gasteiger partial charge in [0, 0.05) is 49.7 Å². The van der Waals surface area contributed by atoms with Crippen molar-refractivity contribution >= 4 is 0 Å². The van der Waals surface area contributed by atoms with E-state index in [4.69, 9.17) is 0 Å². The largest absolute Gasteiger partial charge is 0.347 e. The quantitative estimate of drug-likeness (QED) is 0.854. The van der Waals surface area contributed by atoms with Gasteiger partial charge < -0.3 is 9.88 Å². The van der Waals surface area contributed by atoms with E-state index in [0.29, 0.717) is 6.04 Å². The molecule has 6 nitrogen and oxygen atoms in total. The number of rotatable bonds is 2. The SMILES string of the molecule is CN1CCN(C2CCc3[nH]n(-c4ccc[nH]4)c(=O)c3C2)CC1. The summed E-state index contributed by atoms with van der Waals surface area (Å²) in [7, 11) is 2.18.